The molecular weight excluding hydrogens is 204 g/mol. The summed E-state index contributed by atoms with van der Waals surface area (Å²) in [5.74, 6) is -0.260. The summed E-state index contributed by atoms with van der Waals surface area (Å²) in [5.41, 5.74) is 10.4. The Labute approximate surface area is 96.8 Å². The van der Waals surface area contributed by atoms with Crippen molar-refractivity contribution >= 4 is 11.6 Å². The fourth-order valence-electron chi connectivity index (χ4n) is 2.64. The monoisotopic (exact) mass is 226 g/mol. The summed E-state index contributed by atoms with van der Waals surface area (Å²) in [4.78, 5) is 24.3. The van der Waals surface area contributed by atoms with Crippen molar-refractivity contribution in [3.63, 3.8) is 0 Å². The van der Waals surface area contributed by atoms with Gasteiger partial charge < -0.3 is 11.5 Å². The number of hydrogen-bond donors (Lipinski definition) is 2. The Morgan fingerprint density at radius 2 is 1.31 bits per heavy atom. The molecule has 1 rings (SSSR count). The summed E-state index contributed by atoms with van der Waals surface area (Å²) in [7, 11) is 0. The molecule has 0 saturated heterocycles. The molecule has 2 atom stereocenters. The van der Waals surface area contributed by atoms with Crippen LogP contribution in [0.1, 0.15) is 46.0 Å². The van der Waals surface area contributed by atoms with Crippen molar-refractivity contribution in [2.45, 2.75) is 58.0 Å². The molecule has 0 amide bonds. The summed E-state index contributed by atoms with van der Waals surface area (Å²) in [6.07, 6.45) is 4.15. The first-order valence-corrected chi connectivity index (χ1v) is 6.01. The van der Waals surface area contributed by atoms with E-state index in [4.69, 9.17) is 11.5 Å². The minimum Gasteiger partial charge on any atom is -0.322 e. The molecule has 0 radical (unpaired) electrons. The summed E-state index contributed by atoms with van der Waals surface area (Å²) >= 11 is 0. The molecule has 1 saturated carbocycles. The van der Waals surface area contributed by atoms with Gasteiger partial charge in [0.05, 0.1) is 17.5 Å². The third-order valence-corrected chi connectivity index (χ3v) is 3.48. The molecule has 16 heavy (non-hydrogen) atoms. The van der Waals surface area contributed by atoms with Gasteiger partial charge in [-0.1, -0.05) is 19.3 Å². The highest BCUT2D eigenvalue weighted by atomic mass is 16.2. The summed E-state index contributed by atoms with van der Waals surface area (Å²) in [6.45, 7) is 3.29. The number of hydrogen-bond acceptors (Lipinski definition) is 4. The second-order valence-electron chi connectivity index (χ2n) is 4.95. The van der Waals surface area contributed by atoms with Crippen molar-refractivity contribution in [3.05, 3.63) is 0 Å². The first-order chi connectivity index (χ1) is 7.42. The van der Waals surface area contributed by atoms with Crippen molar-refractivity contribution in [2.24, 2.45) is 16.9 Å². The molecule has 4 nitrogen and oxygen atoms in total. The predicted molar refractivity (Wildman–Crippen MR) is 62.8 cm³/mol. The zero-order valence-corrected chi connectivity index (χ0v) is 10.2. The van der Waals surface area contributed by atoms with E-state index in [1.165, 1.54) is 0 Å². The molecule has 1 aliphatic carbocycles. The van der Waals surface area contributed by atoms with E-state index in [1.807, 2.05) is 0 Å². The highest BCUT2D eigenvalue weighted by molar-refractivity contribution is 6.10. The zero-order chi connectivity index (χ0) is 12.3. The van der Waals surface area contributed by atoms with Gasteiger partial charge in [0, 0.05) is 0 Å². The van der Waals surface area contributed by atoms with Crippen LogP contribution in [0.15, 0.2) is 0 Å². The van der Waals surface area contributed by atoms with Gasteiger partial charge in [-0.3, -0.25) is 9.59 Å². The van der Waals surface area contributed by atoms with Crippen LogP contribution in [-0.4, -0.2) is 23.7 Å². The molecule has 0 aromatic carbocycles. The van der Waals surface area contributed by atoms with E-state index >= 15 is 0 Å². The zero-order valence-electron chi connectivity index (χ0n) is 10.2. The molecular formula is C12H22N2O2. The fraction of sp³-hybridized carbons (Fsp3) is 0.833. The van der Waals surface area contributed by atoms with Crippen LogP contribution in [0.5, 0.6) is 0 Å². The molecule has 0 heterocycles. The van der Waals surface area contributed by atoms with Gasteiger partial charge in [-0.25, -0.2) is 0 Å². The Hall–Kier alpha value is -0.740. The van der Waals surface area contributed by atoms with Crippen LogP contribution < -0.4 is 11.5 Å². The molecule has 0 aliphatic heterocycles. The maximum absolute atomic E-state index is 12.2. The number of ketones is 2. The first-order valence-electron chi connectivity index (χ1n) is 6.01. The highest BCUT2D eigenvalue weighted by Gasteiger charge is 2.47. The third kappa shape index (κ3) is 2.33. The third-order valence-electron chi connectivity index (χ3n) is 3.48. The van der Waals surface area contributed by atoms with Crippen LogP contribution in [0, 0.1) is 5.41 Å². The van der Waals surface area contributed by atoms with Crippen LogP contribution in [0.3, 0.4) is 0 Å². The van der Waals surface area contributed by atoms with Gasteiger partial charge in [-0.15, -0.1) is 0 Å². The van der Waals surface area contributed by atoms with Gasteiger partial charge in [0.25, 0.3) is 0 Å². The maximum Gasteiger partial charge on any atom is 0.162 e. The number of carbonyl (C=O) groups excluding carboxylic acids is 2. The molecule has 0 spiro atoms. The maximum atomic E-state index is 12.2. The quantitative estimate of drug-likeness (QED) is 0.693. The van der Waals surface area contributed by atoms with Crippen molar-refractivity contribution in [3.8, 4) is 0 Å². The lowest BCUT2D eigenvalue weighted by Gasteiger charge is -2.36. The SMILES string of the molecule is CC(N)C(=O)C1(C(=O)C(C)N)CCCCC1. The Kier molecular flexibility index (Phi) is 4.21. The van der Waals surface area contributed by atoms with Crippen molar-refractivity contribution in [1.29, 1.82) is 0 Å². The standard InChI is InChI=1S/C12H22N2O2/c1-8(13)10(15)12(11(16)9(2)14)6-4-3-5-7-12/h8-9H,3-7,13-14H2,1-2H3. The molecule has 0 aromatic heterocycles. The van der Waals surface area contributed by atoms with Gasteiger partial charge in [0.2, 0.25) is 0 Å². The van der Waals surface area contributed by atoms with E-state index in [-0.39, 0.29) is 11.6 Å². The molecule has 4 N–H and O–H groups in total. The van der Waals surface area contributed by atoms with Crippen LogP contribution in [-0.2, 0) is 9.59 Å². The van der Waals surface area contributed by atoms with Crippen LogP contribution >= 0.6 is 0 Å². The normalized spacial score (nSPS) is 23.5. The minimum absolute atomic E-state index is 0.130. The first kappa shape index (κ1) is 13.3. The van der Waals surface area contributed by atoms with Crippen molar-refractivity contribution < 1.29 is 9.59 Å². The molecule has 92 valence electrons. The van der Waals surface area contributed by atoms with E-state index in [0.717, 1.165) is 19.3 Å². The van der Waals surface area contributed by atoms with E-state index in [1.54, 1.807) is 13.8 Å². The Morgan fingerprint density at radius 3 is 1.62 bits per heavy atom. The molecule has 0 aromatic rings. The fourth-order valence-corrected chi connectivity index (χ4v) is 2.64. The minimum atomic E-state index is -0.888. The molecule has 1 aliphatic rings. The van der Waals surface area contributed by atoms with Gasteiger partial charge in [0.1, 0.15) is 0 Å². The van der Waals surface area contributed by atoms with Crippen LogP contribution in [0.25, 0.3) is 0 Å². The number of Topliss-reactive ketones (excluding diaryl/α,β-unsaturated/α-hetero) is 2. The second kappa shape index (κ2) is 5.06. The Balaban J connectivity index is 3.01. The molecule has 2 unspecified atom stereocenters. The molecule has 4 heteroatoms. The number of carbonyl (C=O) groups is 2. The van der Waals surface area contributed by atoms with Crippen LogP contribution in [0.4, 0.5) is 0 Å². The Bertz CT molecular complexity index is 257. The average Bonchev–Trinajstić information content (AvgIpc) is 2.27. The summed E-state index contributed by atoms with van der Waals surface area (Å²) in [6, 6.07) is -1.17. The lowest BCUT2D eigenvalue weighted by molar-refractivity contribution is -0.144. The van der Waals surface area contributed by atoms with Crippen LogP contribution in [0.2, 0.25) is 0 Å². The number of nitrogens with two attached hydrogens (primary N) is 2. The number of rotatable bonds is 4. The smallest absolute Gasteiger partial charge is 0.162 e. The highest BCUT2D eigenvalue weighted by Crippen LogP contribution is 2.39. The Morgan fingerprint density at radius 1 is 0.938 bits per heavy atom. The largest absolute Gasteiger partial charge is 0.322 e. The topological polar surface area (TPSA) is 86.2 Å². The van der Waals surface area contributed by atoms with Gasteiger partial charge in [0.15, 0.2) is 11.6 Å². The lowest BCUT2D eigenvalue weighted by Crippen LogP contribution is -2.52. The second-order valence-corrected chi connectivity index (χ2v) is 4.95. The predicted octanol–water partition coefficient (Wildman–Crippen LogP) is 0.769. The van der Waals surface area contributed by atoms with Gasteiger partial charge >= 0.3 is 0 Å². The van der Waals surface area contributed by atoms with E-state index in [9.17, 15) is 9.59 Å². The molecule has 1 fully saturated rings. The molecule has 0 bridgehead atoms. The van der Waals surface area contributed by atoms with Crippen molar-refractivity contribution in [1.82, 2.24) is 0 Å². The van der Waals surface area contributed by atoms with E-state index < -0.39 is 17.5 Å². The van der Waals surface area contributed by atoms with E-state index in [2.05, 4.69) is 0 Å². The summed E-state index contributed by atoms with van der Waals surface area (Å²) < 4.78 is 0. The van der Waals surface area contributed by atoms with Gasteiger partial charge in [-0.2, -0.15) is 0 Å². The summed E-state index contributed by atoms with van der Waals surface area (Å²) in [5, 5.41) is 0. The van der Waals surface area contributed by atoms with Crippen molar-refractivity contribution in [2.75, 3.05) is 0 Å². The average molecular weight is 226 g/mol. The lowest BCUT2D eigenvalue weighted by atomic mass is 9.65. The van der Waals surface area contributed by atoms with Gasteiger partial charge in [-0.05, 0) is 26.7 Å². The van der Waals surface area contributed by atoms with E-state index in [0.29, 0.717) is 12.8 Å².